The van der Waals surface area contributed by atoms with Crippen LogP contribution in [0.2, 0.25) is 0 Å². The molecule has 3 heteroatoms. The van der Waals surface area contributed by atoms with Crippen LogP contribution in [0.1, 0.15) is 54.6 Å². The Morgan fingerprint density at radius 2 is 1.54 bits per heavy atom. The Hall–Kier alpha value is -1.48. The van der Waals surface area contributed by atoms with Crippen LogP contribution in [0, 0.1) is 34.6 Å². The maximum Gasteiger partial charge on any atom is 0.127 e. The molecule has 24 heavy (non-hydrogen) atoms. The number of aromatic nitrogens is 1. The summed E-state index contributed by atoms with van der Waals surface area (Å²) < 4.78 is 6.23. The molecule has 0 aliphatic rings. The highest BCUT2D eigenvalue weighted by Crippen LogP contribution is 2.37. The molecule has 0 atom stereocenters. The molecule has 1 aromatic heterocycles. The van der Waals surface area contributed by atoms with Gasteiger partial charge in [0.25, 0.3) is 0 Å². The first-order valence-corrected chi connectivity index (χ1v) is 9.57. The minimum absolute atomic E-state index is 0.270. The Bertz CT molecular complexity index is 697. The van der Waals surface area contributed by atoms with Gasteiger partial charge < -0.3 is 4.74 Å². The third kappa shape index (κ3) is 4.32. The Morgan fingerprint density at radius 3 is 2.08 bits per heavy atom. The number of nitrogens with zero attached hydrogens (tertiary/aromatic N) is 1. The van der Waals surface area contributed by atoms with Crippen LogP contribution >= 0.6 is 11.8 Å². The number of benzene rings is 1. The summed E-state index contributed by atoms with van der Waals surface area (Å²) in [5.41, 5.74) is 6.06. The lowest BCUT2D eigenvalue weighted by Crippen LogP contribution is -2.15. The first kappa shape index (κ1) is 18.9. The Morgan fingerprint density at radius 1 is 0.958 bits per heavy atom. The Kier molecular flexibility index (Phi) is 6.34. The van der Waals surface area contributed by atoms with Gasteiger partial charge in [0, 0.05) is 22.2 Å². The second kappa shape index (κ2) is 8.06. The van der Waals surface area contributed by atoms with Crippen molar-refractivity contribution in [3.63, 3.8) is 0 Å². The maximum atomic E-state index is 6.23. The number of aryl methyl sites for hydroxylation is 4. The second-order valence-corrected chi connectivity index (χ2v) is 7.58. The van der Waals surface area contributed by atoms with Crippen molar-refractivity contribution >= 4 is 11.8 Å². The van der Waals surface area contributed by atoms with Gasteiger partial charge in [-0.25, -0.2) is 4.98 Å². The molecule has 1 aromatic carbocycles. The molecule has 0 aliphatic carbocycles. The zero-order valence-corrected chi connectivity index (χ0v) is 16.8. The fourth-order valence-corrected chi connectivity index (χ4v) is 4.04. The first-order chi connectivity index (χ1) is 11.3. The van der Waals surface area contributed by atoms with E-state index in [0.717, 1.165) is 34.9 Å². The molecule has 0 N–H and O–H groups in total. The van der Waals surface area contributed by atoms with E-state index in [1.165, 1.54) is 21.6 Å². The summed E-state index contributed by atoms with van der Waals surface area (Å²) in [5.74, 6) is 0.973. The van der Waals surface area contributed by atoms with Crippen molar-refractivity contribution < 1.29 is 4.74 Å². The normalized spacial score (nSPS) is 11.2. The van der Waals surface area contributed by atoms with Gasteiger partial charge in [0.15, 0.2) is 0 Å². The standard InChI is InChI=1S/C21H29NOS/c1-8-18(9-2)23-19-12-16(6)22-21(17(19)7)24-20-14(4)10-13(3)11-15(20)5/h10-12,18H,8-9H2,1-7H3. The second-order valence-electron chi connectivity index (χ2n) is 6.58. The van der Waals surface area contributed by atoms with Crippen molar-refractivity contribution in [1.29, 1.82) is 0 Å². The summed E-state index contributed by atoms with van der Waals surface area (Å²) in [5, 5.41) is 1.05. The van der Waals surface area contributed by atoms with Crippen LogP contribution in [-0.4, -0.2) is 11.1 Å². The average Bonchev–Trinajstić information content (AvgIpc) is 2.52. The van der Waals surface area contributed by atoms with Crippen LogP contribution in [-0.2, 0) is 0 Å². The molecule has 0 spiro atoms. The summed E-state index contributed by atoms with van der Waals surface area (Å²) in [6.45, 7) is 15.0. The van der Waals surface area contributed by atoms with Crippen LogP contribution in [0.4, 0.5) is 0 Å². The lowest BCUT2D eigenvalue weighted by Gasteiger charge is -2.19. The van der Waals surface area contributed by atoms with E-state index < -0.39 is 0 Å². The largest absolute Gasteiger partial charge is 0.490 e. The summed E-state index contributed by atoms with van der Waals surface area (Å²) >= 11 is 1.76. The average molecular weight is 344 g/mol. The van der Waals surface area contributed by atoms with Gasteiger partial charge in [-0.1, -0.05) is 43.3 Å². The zero-order chi connectivity index (χ0) is 17.9. The van der Waals surface area contributed by atoms with Crippen molar-refractivity contribution in [3.8, 4) is 5.75 Å². The SMILES string of the molecule is CCC(CC)Oc1cc(C)nc(Sc2c(C)cc(C)cc2C)c1C. The van der Waals surface area contributed by atoms with E-state index >= 15 is 0 Å². The lowest BCUT2D eigenvalue weighted by atomic mass is 10.1. The molecule has 0 amide bonds. The van der Waals surface area contributed by atoms with Crippen LogP contribution in [0.5, 0.6) is 5.75 Å². The van der Waals surface area contributed by atoms with Crippen molar-refractivity contribution in [2.75, 3.05) is 0 Å². The molecule has 130 valence electrons. The van der Waals surface area contributed by atoms with Gasteiger partial charge in [0.1, 0.15) is 10.8 Å². The number of ether oxygens (including phenoxy) is 1. The topological polar surface area (TPSA) is 22.1 Å². The summed E-state index contributed by atoms with van der Waals surface area (Å²) in [7, 11) is 0. The third-order valence-corrected chi connectivity index (χ3v) is 5.75. The maximum absolute atomic E-state index is 6.23. The fourth-order valence-electron chi connectivity index (χ4n) is 2.96. The van der Waals surface area contributed by atoms with E-state index in [1.54, 1.807) is 11.8 Å². The minimum Gasteiger partial charge on any atom is -0.490 e. The third-order valence-electron chi connectivity index (χ3n) is 4.32. The first-order valence-electron chi connectivity index (χ1n) is 8.76. The molecular weight excluding hydrogens is 314 g/mol. The van der Waals surface area contributed by atoms with Gasteiger partial charge in [0.05, 0.1) is 6.10 Å². The number of hydrogen-bond donors (Lipinski definition) is 0. The molecule has 1 heterocycles. The molecule has 0 aliphatic heterocycles. The molecule has 2 aromatic rings. The highest BCUT2D eigenvalue weighted by atomic mass is 32.2. The van der Waals surface area contributed by atoms with Crippen LogP contribution in [0.25, 0.3) is 0 Å². The number of pyridine rings is 1. The molecule has 0 unspecified atom stereocenters. The number of hydrogen-bond acceptors (Lipinski definition) is 3. The molecule has 0 bridgehead atoms. The van der Waals surface area contributed by atoms with Gasteiger partial charge in [0.2, 0.25) is 0 Å². The van der Waals surface area contributed by atoms with E-state index in [-0.39, 0.29) is 6.10 Å². The predicted molar refractivity (Wildman–Crippen MR) is 103 cm³/mol. The van der Waals surface area contributed by atoms with E-state index in [9.17, 15) is 0 Å². The molecule has 2 nitrogen and oxygen atoms in total. The van der Waals surface area contributed by atoms with E-state index in [0.29, 0.717) is 0 Å². The van der Waals surface area contributed by atoms with Gasteiger partial charge >= 0.3 is 0 Å². The van der Waals surface area contributed by atoms with Crippen molar-refractivity contribution in [1.82, 2.24) is 4.98 Å². The van der Waals surface area contributed by atoms with Crippen LogP contribution in [0.3, 0.4) is 0 Å². The lowest BCUT2D eigenvalue weighted by molar-refractivity contribution is 0.190. The quantitative estimate of drug-likeness (QED) is 0.611. The summed E-state index contributed by atoms with van der Waals surface area (Å²) in [6.07, 6.45) is 2.32. The zero-order valence-electron chi connectivity index (χ0n) is 16.0. The van der Waals surface area contributed by atoms with E-state index in [2.05, 4.69) is 59.7 Å². The number of rotatable bonds is 6. The predicted octanol–water partition coefficient (Wildman–Crippen LogP) is 6.34. The van der Waals surface area contributed by atoms with E-state index in [4.69, 9.17) is 9.72 Å². The van der Waals surface area contributed by atoms with Crippen LogP contribution in [0.15, 0.2) is 28.1 Å². The van der Waals surface area contributed by atoms with Gasteiger partial charge in [-0.2, -0.15) is 0 Å². The highest BCUT2D eigenvalue weighted by Gasteiger charge is 2.15. The molecule has 2 rings (SSSR count). The summed E-state index contributed by atoms with van der Waals surface area (Å²) in [6, 6.07) is 6.54. The Labute approximate surface area is 151 Å². The van der Waals surface area contributed by atoms with Crippen molar-refractivity contribution in [2.45, 2.75) is 77.3 Å². The van der Waals surface area contributed by atoms with Crippen molar-refractivity contribution in [3.05, 3.63) is 46.1 Å². The fraction of sp³-hybridized carbons (Fsp3) is 0.476. The Balaban J connectivity index is 2.39. The van der Waals surface area contributed by atoms with Gasteiger partial charge in [-0.15, -0.1) is 0 Å². The monoisotopic (exact) mass is 343 g/mol. The van der Waals surface area contributed by atoms with Gasteiger partial charge in [-0.3, -0.25) is 0 Å². The molecule has 0 saturated carbocycles. The summed E-state index contributed by atoms with van der Waals surface area (Å²) in [4.78, 5) is 6.08. The molecule has 0 fully saturated rings. The molecule has 0 radical (unpaired) electrons. The highest BCUT2D eigenvalue weighted by molar-refractivity contribution is 7.99. The molecular formula is C21H29NOS. The van der Waals surface area contributed by atoms with Gasteiger partial charge in [-0.05, 0) is 58.6 Å². The minimum atomic E-state index is 0.270. The van der Waals surface area contributed by atoms with Crippen molar-refractivity contribution in [2.24, 2.45) is 0 Å². The van der Waals surface area contributed by atoms with Crippen LogP contribution < -0.4 is 4.74 Å². The van der Waals surface area contributed by atoms with E-state index in [1.807, 2.05) is 6.92 Å². The smallest absolute Gasteiger partial charge is 0.127 e. The molecule has 0 saturated heterocycles.